The molecule has 0 aliphatic carbocycles. The molecule has 0 bridgehead atoms. The number of hydrazone groups is 1. The van der Waals surface area contributed by atoms with E-state index in [2.05, 4.69) is 38.2 Å². The molecule has 122 valence electrons. The van der Waals surface area contributed by atoms with Crippen LogP contribution in [0.2, 0.25) is 0 Å². The molecule has 0 amide bonds. The molecule has 5 nitrogen and oxygen atoms in total. The molecule has 0 fully saturated rings. The van der Waals surface area contributed by atoms with Gasteiger partial charge in [0, 0.05) is 9.26 Å². The third-order valence-corrected chi connectivity index (χ3v) is 4.33. The van der Waals surface area contributed by atoms with Crippen LogP contribution in [0.15, 0.2) is 58.4 Å². The molecule has 3 aromatic rings. The molecule has 1 aromatic heterocycles. The summed E-state index contributed by atoms with van der Waals surface area (Å²) in [6.45, 7) is 3.86. The summed E-state index contributed by atoms with van der Waals surface area (Å²) in [6.07, 6.45) is 1.55. The Morgan fingerprint density at radius 1 is 1.17 bits per heavy atom. The van der Waals surface area contributed by atoms with E-state index in [9.17, 15) is 4.79 Å². The average molecular weight is 432 g/mol. The maximum absolute atomic E-state index is 12.6. The zero-order valence-corrected chi connectivity index (χ0v) is 15.5. The number of anilines is 1. The van der Waals surface area contributed by atoms with Gasteiger partial charge in [-0.1, -0.05) is 12.1 Å². The van der Waals surface area contributed by atoms with Crippen molar-refractivity contribution in [1.82, 2.24) is 9.78 Å². The summed E-state index contributed by atoms with van der Waals surface area (Å²) in [5.41, 5.74) is 6.91. The van der Waals surface area contributed by atoms with Crippen molar-refractivity contribution in [3.05, 3.63) is 79.3 Å². The van der Waals surface area contributed by atoms with Crippen LogP contribution < -0.4 is 11.0 Å². The van der Waals surface area contributed by atoms with Gasteiger partial charge in [0.2, 0.25) is 0 Å². The number of hydrogen-bond donors (Lipinski definition) is 2. The van der Waals surface area contributed by atoms with E-state index in [0.29, 0.717) is 5.56 Å². The van der Waals surface area contributed by atoms with E-state index < -0.39 is 0 Å². The Balaban J connectivity index is 1.85. The first-order chi connectivity index (χ1) is 11.5. The van der Waals surface area contributed by atoms with Crippen LogP contribution in [-0.4, -0.2) is 16.0 Å². The summed E-state index contributed by atoms with van der Waals surface area (Å²) in [6, 6.07) is 15.6. The maximum atomic E-state index is 12.6. The number of halogens is 1. The number of benzene rings is 2. The van der Waals surface area contributed by atoms with Crippen molar-refractivity contribution < 1.29 is 0 Å². The second-order valence-electron chi connectivity index (χ2n) is 5.51. The van der Waals surface area contributed by atoms with Gasteiger partial charge < -0.3 is 0 Å². The van der Waals surface area contributed by atoms with E-state index in [4.69, 9.17) is 0 Å². The molecule has 2 N–H and O–H groups in total. The van der Waals surface area contributed by atoms with Gasteiger partial charge in [0.1, 0.15) is 0 Å². The lowest BCUT2D eigenvalue weighted by molar-refractivity contribution is 0.834. The molecule has 0 radical (unpaired) electrons. The minimum absolute atomic E-state index is 0.119. The van der Waals surface area contributed by atoms with Gasteiger partial charge in [-0.15, -0.1) is 0 Å². The summed E-state index contributed by atoms with van der Waals surface area (Å²) in [7, 11) is 0. The molecule has 0 saturated heterocycles. The van der Waals surface area contributed by atoms with Gasteiger partial charge in [-0.05, 0) is 78.4 Å². The SMILES string of the molecule is Cc1cccc(-n2[nH]c(C)c(C=NNc3ccc(I)cc3)c2=O)c1. The van der Waals surface area contributed by atoms with E-state index >= 15 is 0 Å². The van der Waals surface area contributed by atoms with Gasteiger partial charge in [-0.3, -0.25) is 15.3 Å². The van der Waals surface area contributed by atoms with Crippen LogP contribution in [0.5, 0.6) is 0 Å². The average Bonchev–Trinajstić information content (AvgIpc) is 2.85. The fourth-order valence-electron chi connectivity index (χ4n) is 2.36. The van der Waals surface area contributed by atoms with E-state index in [-0.39, 0.29) is 5.56 Å². The van der Waals surface area contributed by atoms with Crippen molar-refractivity contribution in [2.75, 3.05) is 5.43 Å². The number of rotatable bonds is 4. The highest BCUT2D eigenvalue weighted by atomic mass is 127. The first kappa shape index (κ1) is 16.5. The van der Waals surface area contributed by atoms with Crippen LogP contribution in [0, 0.1) is 17.4 Å². The molecule has 0 spiro atoms. The van der Waals surface area contributed by atoms with Crippen LogP contribution in [0.1, 0.15) is 16.8 Å². The minimum atomic E-state index is -0.119. The highest BCUT2D eigenvalue weighted by molar-refractivity contribution is 14.1. The minimum Gasteiger partial charge on any atom is -0.295 e. The Morgan fingerprint density at radius 3 is 2.62 bits per heavy atom. The molecule has 1 heterocycles. The summed E-state index contributed by atoms with van der Waals surface area (Å²) >= 11 is 2.25. The van der Waals surface area contributed by atoms with Crippen molar-refractivity contribution >= 4 is 34.5 Å². The summed E-state index contributed by atoms with van der Waals surface area (Å²) in [5, 5.41) is 7.27. The van der Waals surface area contributed by atoms with Gasteiger partial charge in [0.25, 0.3) is 5.56 Å². The number of aryl methyl sites for hydroxylation is 2. The largest absolute Gasteiger partial charge is 0.295 e. The zero-order valence-electron chi connectivity index (χ0n) is 13.4. The second kappa shape index (κ2) is 7.04. The number of hydrogen-bond acceptors (Lipinski definition) is 3. The van der Waals surface area contributed by atoms with Gasteiger partial charge in [-0.2, -0.15) is 5.10 Å². The molecule has 0 unspecified atom stereocenters. The summed E-state index contributed by atoms with van der Waals surface area (Å²) in [4.78, 5) is 12.6. The smallest absolute Gasteiger partial charge is 0.280 e. The predicted octanol–water partition coefficient (Wildman–Crippen LogP) is 3.83. The van der Waals surface area contributed by atoms with Crippen LogP contribution in [0.25, 0.3) is 5.69 Å². The van der Waals surface area contributed by atoms with Crippen LogP contribution in [0.3, 0.4) is 0 Å². The van der Waals surface area contributed by atoms with Crippen molar-refractivity contribution in [3.8, 4) is 5.69 Å². The highest BCUT2D eigenvalue weighted by Crippen LogP contribution is 2.11. The molecule has 0 aliphatic heterocycles. The lowest BCUT2D eigenvalue weighted by Gasteiger charge is -2.02. The Kier molecular flexibility index (Phi) is 4.84. The van der Waals surface area contributed by atoms with Crippen LogP contribution >= 0.6 is 22.6 Å². The predicted molar refractivity (Wildman–Crippen MR) is 106 cm³/mol. The molecule has 24 heavy (non-hydrogen) atoms. The maximum Gasteiger partial charge on any atom is 0.280 e. The zero-order chi connectivity index (χ0) is 17.1. The van der Waals surface area contributed by atoms with Crippen molar-refractivity contribution in [3.63, 3.8) is 0 Å². The second-order valence-corrected chi connectivity index (χ2v) is 6.75. The van der Waals surface area contributed by atoms with Gasteiger partial charge in [0.05, 0.1) is 23.2 Å². The normalized spacial score (nSPS) is 11.1. The van der Waals surface area contributed by atoms with Gasteiger partial charge in [0.15, 0.2) is 0 Å². The Bertz CT molecular complexity index is 938. The Morgan fingerprint density at radius 2 is 1.92 bits per heavy atom. The van der Waals surface area contributed by atoms with Gasteiger partial charge in [-0.25, -0.2) is 4.68 Å². The third-order valence-electron chi connectivity index (χ3n) is 3.61. The van der Waals surface area contributed by atoms with E-state index in [0.717, 1.165) is 26.2 Å². The van der Waals surface area contributed by atoms with Gasteiger partial charge >= 0.3 is 0 Å². The molecule has 0 aliphatic rings. The number of nitrogens with zero attached hydrogens (tertiary/aromatic N) is 2. The van der Waals surface area contributed by atoms with E-state index in [1.54, 1.807) is 6.21 Å². The number of aromatic nitrogens is 2. The lowest BCUT2D eigenvalue weighted by Crippen LogP contribution is -2.17. The number of nitrogens with one attached hydrogen (secondary N) is 2. The first-order valence-corrected chi connectivity index (χ1v) is 8.56. The Hall–Kier alpha value is -2.35. The summed E-state index contributed by atoms with van der Waals surface area (Å²) in [5.74, 6) is 0. The molecule has 0 atom stereocenters. The fourth-order valence-corrected chi connectivity index (χ4v) is 2.72. The van der Waals surface area contributed by atoms with E-state index in [1.807, 2.05) is 62.4 Å². The van der Waals surface area contributed by atoms with E-state index in [1.165, 1.54) is 4.68 Å². The molecular weight excluding hydrogens is 415 g/mol. The van der Waals surface area contributed by atoms with Crippen molar-refractivity contribution in [2.24, 2.45) is 5.10 Å². The fraction of sp³-hybridized carbons (Fsp3) is 0.111. The Labute approximate surface area is 153 Å². The molecule has 0 saturated carbocycles. The monoisotopic (exact) mass is 432 g/mol. The number of H-pyrrole nitrogens is 1. The topological polar surface area (TPSA) is 62.2 Å². The van der Waals surface area contributed by atoms with Crippen LogP contribution in [-0.2, 0) is 0 Å². The molecule has 3 rings (SSSR count). The summed E-state index contributed by atoms with van der Waals surface area (Å²) < 4.78 is 2.69. The molecular formula is C18H17IN4O. The quantitative estimate of drug-likeness (QED) is 0.374. The molecule has 2 aromatic carbocycles. The first-order valence-electron chi connectivity index (χ1n) is 7.48. The molecule has 6 heteroatoms. The van der Waals surface area contributed by atoms with Crippen molar-refractivity contribution in [2.45, 2.75) is 13.8 Å². The number of aromatic amines is 1. The lowest BCUT2D eigenvalue weighted by atomic mass is 10.2. The highest BCUT2D eigenvalue weighted by Gasteiger charge is 2.10. The third kappa shape index (κ3) is 3.59. The van der Waals surface area contributed by atoms with Crippen LogP contribution in [0.4, 0.5) is 5.69 Å². The standard InChI is InChI=1S/C18H17IN4O/c1-12-4-3-5-16(10-12)23-18(24)17(13(2)22-23)11-20-21-15-8-6-14(19)7-9-15/h3-11,21-22H,1-2H3. The van der Waals surface area contributed by atoms with Crippen molar-refractivity contribution in [1.29, 1.82) is 0 Å².